The van der Waals surface area contributed by atoms with Gasteiger partial charge in [-0.05, 0) is 155 Å². The molecule has 1 fully saturated rings. The predicted octanol–water partition coefficient (Wildman–Crippen LogP) is 19.7. The summed E-state index contributed by atoms with van der Waals surface area (Å²) in [5, 5.41) is 17.4. The lowest BCUT2D eigenvalue weighted by molar-refractivity contribution is 0.00578. The second-order valence-corrected chi connectivity index (χ2v) is 23.7. The number of hydrogen-bond donors (Lipinski definition) is 0. The van der Waals surface area contributed by atoms with Gasteiger partial charge in [0.1, 0.15) is 0 Å². The molecule has 5 heterocycles. The molecule has 12 aromatic carbocycles. The number of nitrogens with zero attached hydrogens (tertiary/aromatic N) is 4. The molecule has 0 atom stereocenters. The fraction of sp³-hybridized carbons (Fsp3) is 0.0789. The highest BCUT2D eigenvalue weighted by Crippen LogP contribution is 2.41. The van der Waals surface area contributed by atoms with Crippen molar-refractivity contribution in [3.05, 3.63) is 272 Å². The van der Waals surface area contributed by atoms with E-state index in [9.17, 15) is 0 Å². The highest BCUT2D eigenvalue weighted by molar-refractivity contribution is 9.10. The maximum absolute atomic E-state index is 6.36. The van der Waals surface area contributed by atoms with Gasteiger partial charge >= 0.3 is 7.12 Å². The Morgan fingerprint density at radius 2 is 0.726 bits per heavy atom. The van der Waals surface area contributed by atoms with Crippen molar-refractivity contribution in [3.63, 3.8) is 0 Å². The largest absolute Gasteiger partial charge is 0.497 e. The summed E-state index contributed by atoms with van der Waals surface area (Å²) in [5.41, 5.74) is 11.8. The Morgan fingerprint density at radius 3 is 1.20 bits per heavy atom. The number of rotatable bonds is 4. The van der Waals surface area contributed by atoms with Gasteiger partial charge in [-0.2, -0.15) is 0 Å². The van der Waals surface area contributed by atoms with Gasteiger partial charge in [-0.15, -0.1) is 0 Å². The minimum absolute atomic E-state index is 0.382. The molecule has 16 aromatic rings. The van der Waals surface area contributed by atoms with Crippen molar-refractivity contribution in [1.29, 1.82) is 0 Å². The summed E-state index contributed by atoms with van der Waals surface area (Å²) < 4.78 is 18.5. The molecule has 4 aromatic heterocycles. The molecule has 84 heavy (non-hydrogen) atoms. The third-order valence-corrected chi connectivity index (χ3v) is 18.0. The highest BCUT2D eigenvalue weighted by Gasteiger charge is 2.52. The second kappa shape index (κ2) is 20.5. The average Bonchev–Trinajstić information content (AvgIpc) is 4.11. The van der Waals surface area contributed by atoms with Gasteiger partial charge in [-0.25, -0.2) is 0 Å². The van der Waals surface area contributed by atoms with E-state index in [1.807, 2.05) is 24.5 Å². The number of halogens is 1. The fourth-order valence-corrected chi connectivity index (χ4v) is 12.9. The number of para-hydroxylation sites is 4. The molecule has 0 spiro atoms. The lowest BCUT2D eigenvalue weighted by Gasteiger charge is -2.32. The van der Waals surface area contributed by atoms with Crippen molar-refractivity contribution in [3.8, 4) is 22.5 Å². The summed E-state index contributed by atoms with van der Waals surface area (Å²) in [6, 6.07) is 90.6. The molecule has 402 valence electrons. The number of pyridine rings is 2. The van der Waals surface area contributed by atoms with Crippen LogP contribution < -0.4 is 5.46 Å². The number of hydrogen-bond acceptors (Lipinski definition) is 4. The zero-order valence-electron chi connectivity index (χ0n) is 47.0. The van der Waals surface area contributed by atoms with Crippen molar-refractivity contribution >= 4 is 137 Å². The quantitative estimate of drug-likeness (QED) is 0.130. The Bertz CT molecular complexity index is 5120. The van der Waals surface area contributed by atoms with Crippen LogP contribution in [0.15, 0.2) is 272 Å². The molecule has 17 rings (SSSR count). The maximum Gasteiger partial charge on any atom is 0.497 e. The Morgan fingerprint density at radius 1 is 0.345 bits per heavy atom. The first-order valence-electron chi connectivity index (χ1n) is 28.7. The summed E-state index contributed by atoms with van der Waals surface area (Å²) in [5.74, 6) is 0. The van der Waals surface area contributed by atoms with Crippen LogP contribution >= 0.6 is 15.9 Å². The van der Waals surface area contributed by atoms with Crippen LogP contribution in [-0.4, -0.2) is 37.4 Å². The lowest BCUT2D eigenvalue weighted by atomic mass is 9.76. The molecule has 1 aliphatic rings. The van der Waals surface area contributed by atoms with Crippen LogP contribution in [0.25, 0.3) is 131 Å². The molecule has 8 heteroatoms. The molecule has 0 amide bonds. The first-order chi connectivity index (χ1) is 41.1. The van der Waals surface area contributed by atoms with Crippen LogP contribution in [0, 0.1) is 0 Å². The molecule has 0 radical (unpaired) electrons. The van der Waals surface area contributed by atoms with Gasteiger partial charge in [-0.1, -0.05) is 192 Å². The molecule has 0 bridgehead atoms. The average molecular weight is 1150 g/mol. The van der Waals surface area contributed by atoms with Crippen LogP contribution in [0.5, 0.6) is 0 Å². The summed E-state index contributed by atoms with van der Waals surface area (Å²) in [6.07, 6.45) is 3.73. The summed E-state index contributed by atoms with van der Waals surface area (Å²) in [6.45, 7) is 8.33. The standard InChI is InChI=1S/C35H22N2.C23H22BNO2.C18H12BrN/c1-2-9-26-23(8-1)17-20-27-30-12-7-21-36-35(30)31(22-32(26)27)24-15-18-25(19-16-24)37-33-13-5-3-10-28(33)29-11-4-6-14-34(29)37;1-22(2)23(3,4)27-24(26-22)20-14-19-16-9-6-5-8-15(16)11-12-17(19)18-10-7-13-25-21(18)20;19-13-9-11-14(12-10-13)20-17-7-3-1-5-15(17)16-6-2-4-8-18(16)20/h1-22H;5-14H,1-4H3;1-12H. The Balaban J connectivity index is 0.000000113. The molecular formula is C76H56BBrN4O2. The van der Waals surface area contributed by atoms with E-state index < -0.39 is 7.12 Å². The number of aromatic nitrogens is 4. The van der Waals surface area contributed by atoms with Crippen LogP contribution in [0.3, 0.4) is 0 Å². The molecule has 0 saturated carbocycles. The van der Waals surface area contributed by atoms with E-state index in [2.05, 4.69) is 295 Å². The Hall–Kier alpha value is -9.44. The molecule has 0 unspecified atom stereocenters. The molecule has 6 nitrogen and oxygen atoms in total. The topological polar surface area (TPSA) is 54.1 Å². The normalized spacial score (nSPS) is 13.8. The fourth-order valence-electron chi connectivity index (χ4n) is 12.6. The maximum atomic E-state index is 6.36. The van der Waals surface area contributed by atoms with E-state index in [1.165, 1.54) is 103 Å². The monoisotopic (exact) mass is 1150 g/mol. The van der Waals surface area contributed by atoms with Gasteiger partial charge in [0.25, 0.3) is 0 Å². The summed E-state index contributed by atoms with van der Waals surface area (Å²) in [7, 11) is -0.434. The first kappa shape index (κ1) is 51.4. The molecule has 0 aliphatic carbocycles. The van der Waals surface area contributed by atoms with Crippen molar-refractivity contribution < 1.29 is 9.31 Å². The zero-order valence-corrected chi connectivity index (χ0v) is 48.6. The van der Waals surface area contributed by atoms with Gasteiger partial charge in [0, 0.05) is 71.6 Å². The van der Waals surface area contributed by atoms with Crippen molar-refractivity contribution in [2.24, 2.45) is 0 Å². The molecule has 1 aliphatic heterocycles. The minimum atomic E-state index is -0.434. The van der Waals surface area contributed by atoms with E-state index in [0.717, 1.165) is 37.6 Å². The number of benzene rings is 12. The van der Waals surface area contributed by atoms with E-state index in [4.69, 9.17) is 19.3 Å². The van der Waals surface area contributed by atoms with Crippen molar-refractivity contribution in [1.82, 2.24) is 19.1 Å². The van der Waals surface area contributed by atoms with E-state index >= 15 is 0 Å². The van der Waals surface area contributed by atoms with Crippen LogP contribution in [-0.2, 0) is 9.31 Å². The molecule has 0 N–H and O–H groups in total. The molecule has 1 saturated heterocycles. The second-order valence-electron chi connectivity index (χ2n) is 22.8. The summed E-state index contributed by atoms with van der Waals surface area (Å²) in [4.78, 5) is 9.53. The van der Waals surface area contributed by atoms with Crippen LogP contribution in [0.1, 0.15) is 27.7 Å². The number of fused-ring (bicyclic) bond motifs is 16. The smallest absolute Gasteiger partial charge is 0.399 e. The lowest BCUT2D eigenvalue weighted by Crippen LogP contribution is -2.41. The van der Waals surface area contributed by atoms with Crippen molar-refractivity contribution in [2.75, 3.05) is 0 Å². The SMILES string of the molecule is Brc1ccc(-n2c3ccccc3c3ccccc32)cc1.CC1(C)OB(c2cc3c4ccccc4ccc3c3cccnc23)OC1(C)C.c1ccc2c(c1)ccc1c3cccnc3c(-c3ccc(-n4c5ccccc5c5ccccc54)cc3)cc21. The third kappa shape index (κ3) is 8.63. The third-order valence-electron chi connectivity index (χ3n) is 17.4. The van der Waals surface area contributed by atoms with Gasteiger partial charge < -0.3 is 18.4 Å². The molecular weight excluding hydrogens is 1090 g/mol. The first-order valence-corrected chi connectivity index (χ1v) is 29.4. The van der Waals surface area contributed by atoms with E-state index in [-0.39, 0.29) is 11.2 Å². The predicted molar refractivity (Wildman–Crippen MR) is 357 cm³/mol. The van der Waals surface area contributed by atoms with Gasteiger partial charge in [0.2, 0.25) is 0 Å². The highest BCUT2D eigenvalue weighted by atomic mass is 79.9. The van der Waals surface area contributed by atoms with Gasteiger partial charge in [0.05, 0.1) is 44.3 Å². The minimum Gasteiger partial charge on any atom is -0.399 e. The van der Waals surface area contributed by atoms with Crippen molar-refractivity contribution in [2.45, 2.75) is 38.9 Å². The summed E-state index contributed by atoms with van der Waals surface area (Å²) >= 11 is 3.50. The Kier molecular flexibility index (Phi) is 12.5. The Labute approximate surface area is 495 Å². The van der Waals surface area contributed by atoms with Crippen LogP contribution in [0.2, 0.25) is 0 Å². The van der Waals surface area contributed by atoms with E-state index in [0.29, 0.717) is 0 Å². The van der Waals surface area contributed by atoms with Gasteiger partial charge in [0.15, 0.2) is 0 Å². The van der Waals surface area contributed by atoms with Gasteiger partial charge in [-0.3, -0.25) is 9.97 Å². The zero-order chi connectivity index (χ0) is 56.7. The van der Waals surface area contributed by atoms with E-state index in [1.54, 1.807) is 0 Å². The van der Waals surface area contributed by atoms with Crippen LogP contribution in [0.4, 0.5) is 0 Å².